The van der Waals surface area contributed by atoms with Gasteiger partial charge in [-0.1, -0.05) is 12.1 Å². The van der Waals surface area contributed by atoms with Crippen LogP contribution in [0, 0.1) is 0 Å². The van der Waals surface area contributed by atoms with Crippen molar-refractivity contribution in [2.75, 3.05) is 6.26 Å². The van der Waals surface area contributed by atoms with E-state index in [1.54, 1.807) is 11.8 Å². The highest BCUT2D eigenvalue weighted by Gasteiger charge is 2.15. The number of benzene rings is 1. The molecule has 0 atom stereocenters. The number of carbonyl (C=O) groups excluding carboxylic acids is 1. The SMILES string of the molecule is CSc1cccc(CNC(=O)OC(C)(C)C)c1. The molecule has 0 aromatic heterocycles. The number of hydrogen-bond acceptors (Lipinski definition) is 3. The van der Waals surface area contributed by atoms with Crippen LogP contribution < -0.4 is 5.32 Å². The van der Waals surface area contributed by atoms with Gasteiger partial charge in [-0.05, 0) is 44.7 Å². The molecule has 0 aliphatic carbocycles. The minimum Gasteiger partial charge on any atom is -0.444 e. The van der Waals surface area contributed by atoms with Gasteiger partial charge in [0.2, 0.25) is 0 Å². The second-order valence-electron chi connectivity index (χ2n) is 4.71. The monoisotopic (exact) mass is 253 g/mol. The van der Waals surface area contributed by atoms with E-state index in [0.29, 0.717) is 6.54 Å². The predicted molar refractivity (Wildman–Crippen MR) is 71.3 cm³/mol. The van der Waals surface area contributed by atoms with Crippen LogP contribution in [0.1, 0.15) is 26.3 Å². The van der Waals surface area contributed by atoms with Crippen LogP contribution in [-0.4, -0.2) is 18.0 Å². The molecule has 1 amide bonds. The maximum atomic E-state index is 11.4. The standard InChI is InChI=1S/C13H19NO2S/c1-13(2,3)16-12(15)14-9-10-6-5-7-11(8-10)17-4/h5-8H,9H2,1-4H3,(H,14,15). The summed E-state index contributed by atoms with van der Waals surface area (Å²) >= 11 is 1.68. The van der Waals surface area contributed by atoms with E-state index < -0.39 is 5.60 Å². The van der Waals surface area contributed by atoms with Crippen LogP contribution in [0.15, 0.2) is 29.2 Å². The van der Waals surface area contributed by atoms with Crippen LogP contribution in [0.3, 0.4) is 0 Å². The molecular formula is C13H19NO2S. The normalized spacial score (nSPS) is 11.1. The summed E-state index contributed by atoms with van der Waals surface area (Å²) < 4.78 is 5.16. The van der Waals surface area contributed by atoms with Gasteiger partial charge in [0.1, 0.15) is 5.60 Å². The average Bonchev–Trinajstić information content (AvgIpc) is 2.24. The molecule has 0 unspecified atom stereocenters. The van der Waals surface area contributed by atoms with Crippen molar-refractivity contribution < 1.29 is 9.53 Å². The Morgan fingerprint density at radius 1 is 1.41 bits per heavy atom. The molecule has 0 bridgehead atoms. The molecule has 0 aliphatic heterocycles. The lowest BCUT2D eigenvalue weighted by Gasteiger charge is -2.19. The van der Waals surface area contributed by atoms with Gasteiger partial charge in [0.05, 0.1) is 0 Å². The summed E-state index contributed by atoms with van der Waals surface area (Å²) in [6.45, 7) is 6.03. The van der Waals surface area contributed by atoms with E-state index in [1.165, 1.54) is 4.90 Å². The van der Waals surface area contributed by atoms with E-state index in [-0.39, 0.29) is 6.09 Å². The molecular weight excluding hydrogens is 234 g/mol. The third-order valence-corrected chi connectivity index (χ3v) is 2.70. The second kappa shape index (κ2) is 5.96. The maximum Gasteiger partial charge on any atom is 0.407 e. The van der Waals surface area contributed by atoms with Crippen LogP contribution in [-0.2, 0) is 11.3 Å². The first-order valence-corrected chi connectivity index (χ1v) is 6.73. The molecule has 0 radical (unpaired) electrons. The van der Waals surface area contributed by atoms with E-state index >= 15 is 0 Å². The number of nitrogens with one attached hydrogen (secondary N) is 1. The van der Waals surface area contributed by atoms with Crippen molar-refractivity contribution in [2.45, 2.75) is 37.8 Å². The summed E-state index contributed by atoms with van der Waals surface area (Å²) in [6, 6.07) is 8.07. The fraction of sp³-hybridized carbons (Fsp3) is 0.462. The quantitative estimate of drug-likeness (QED) is 0.839. The average molecular weight is 253 g/mol. The molecule has 1 rings (SSSR count). The van der Waals surface area contributed by atoms with Crippen molar-refractivity contribution >= 4 is 17.9 Å². The lowest BCUT2D eigenvalue weighted by Crippen LogP contribution is -2.32. The Morgan fingerprint density at radius 3 is 2.71 bits per heavy atom. The number of thioether (sulfide) groups is 1. The Labute approximate surface area is 107 Å². The minimum absolute atomic E-state index is 0.382. The van der Waals surface area contributed by atoms with Crippen molar-refractivity contribution in [1.82, 2.24) is 5.32 Å². The van der Waals surface area contributed by atoms with Crippen LogP contribution in [0.5, 0.6) is 0 Å². The van der Waals surface area contributed by atoms with E-state index in [0.717, 1.165) is 5.56 Å². The van der Waals surface area contributed by atoms with E-state index in [4.69, 9.17) is 4.74 Å². The van der Waals surface area contributed by atoms with Gasteiger partial charge in [-0.3, -0.25) is 0 Å². The molecule has 17 heavy (non-hydrogen) atoms. The molecule has 0 fully saturated rings. The zero-order chi connectivity index (χ0) is 12.9. The van der Waals surface area contributed by atoms with Crippen molar-refractivity contribution in [1.29, 1.82) is 0 Å². The smallest absolute Gasteiger partial charge is 0.407 e. The van der Waals surface area contributed by atoms with Gasteiger partial charge in [-0.15, -0.1) is 11.8 Å². The zero-order valence-corrected chi connectivity index (χ0v) is 11.6. The number of hydrogen-bond donors (Lipinski definition) is 1. The van der Waals surface area contributed by atoms with E-state index in [1.807, 2.05) is 45.2 Å². The van der Waals surface area contributed by atoms with Gasteiger partial charge < -0.3 is 10.1 Å². The molecule has 94 valence electrons. The number of rotatable bonds is 3. The molecule has 1 aromatic carbocycles. The third-order valence-electron chi connectivity index (χ3n) is 1.97. The highest BCUT2D eigenvalue weighted by Crippen LogP contribution is 2.15. The first-order valence-electron chi connectivity index (χ1n) is 5.50. The molecule has 1 aromatic rings. The summed E-state index contributed by atoms with van der Waals surface area (Å²) in [7, 11) is 0. The summed E-state index contributed by atoms with van der Waals surface area (Å²) in [5.41, 5.74) is 0.619. The van der Waals surface area contributed by atoms with Crippen LogP contribution in [0.4, 0.5) is 4.79 Å². The van der Waals surface area contributed by atoms with Gasteiger partial charge in [-0.2, -0.15) is 0 Å². The highest BCUT2D eigenvalue weighted by molar-refractivity contribution is 7.98. The number of carbonyl (C=O) groups is 1. The number of alkyl carbamates (subject to hydrolysis) is 1. The summed E-state index contributed by atoms with van der Waals surface area (Å²) in [5.74, 6) is 0. The zero-order valence-electron chi connectivity index (χ0n) is 10.7. The van der Waals surface area contributed by atoms with Crippen molar-refractivity contribution in [2.24, 2.45) is 0 Å². The fourth-order valence-corrected chi connectivity index (χ4v) is 1.75. The van der Waals surface area contributed by atoms with Crippen molar-refractivity contribution in [3.8, 4) is 0 Å². The molecule has 4 heteroatoms. The molecule has 0 saturated carbocycles. The lowest BCUT2D eigenvalue weighted by molar-refractivity contribution is 0.0523. The Hall–Kier alpha value is -1.16. The first kappa shape index (κ1) is 13.9. The fourth-order valence-electron chi connectivity index (χ4n) is 1.27. The lowest BCUT2D eigenvalue weighted by atomic mass is 10.2. The van der Waals surface area contributed by atoms with Gasteiger partial charge in [0.15, 0.2) is 0 Å². The van der Waals surface area contributed by atoms with Gasteiger partial charge in [0.25, 0.3) is 0 Å². The molecule has 0 heterocycles. The summed E-state index contributed by atoms with van der Waals surface area (Å²) in [6.07, 6.45) is 1.65. The molecule has 0 aliphatic rings. The Balaban J connectivity index is 2.47. The second-order valence-corrected chi connectivity index (χ2v) is 5.59. The summed E-state index contributed by atoms with van der Waals surface area (Å²) in [4.78, 5) is 12.6. The van der Waals surface area contributed by atoms with Gasteiger partial charge >= 0.3 is 6.09 Å². The van der Waals surface area contributed by atoms with Gasteiger partial charge in [0, 0.05) is 11.4 Å². The largest absolute Gasteiger partial charge is 0.444 e. The molecule has 0 spiro atoms. The van der Waals surface area contributed by atoms with E-state index in [9.17, 15) is 4.79 Å². The number of ether oxygens (including phenoxy) is 1. The first-order chi connectivity index (χ1) is 7.90. The Bertz CT molecular complexity index is 385. The Morgan fingerprint density at radius 2 is 2.12 bits per heavy atom. The van der Waals surface area contributed by atoms with Crippen LogP contribution >= 0.6 is 11.8 Å². The van der Waals surface area contributed by atoms with E-state index in [2.05, 4.69) is 11.4 Å². The van der Waals surface area contributed by atoms with Gasteiger partial charge in [-0.25, -0.2) is 4.79 Å². The van der Waals surface area contributed by atoms with Crippen molar-refractivity contribution in [3.63, 3.8) is 0 Å². The topological polar surface area (TPSA) is 38.3 Å². The molecule has 0 saturated heterocycles. The highest BCUT2D eigenvalue weighted by atomic mass is 32.2. The minimum atomic E-state index is -0.453. The third kappa shape index (κ3) is 5.63. The maximum absolute atomic E-state index is 11.4. The Kier molecular flexibility index (Phi) is 4.87. The van der Waals surface area contributed by atoms with Crippen molar-refractivity contribution in [3.05, 3.63) is 29.8 Å². The van der Waals surface area contributed by atoms with Crippen LogP contribution in [0.25, 0.3) is 0 Å². The van der Waals surface area contributed by atoms with Crippen LogP contribution in [0.2, 0.25) is 0 Å². The summed E-state index contributed by atoms with van der Waals surface area (Å²) in [5, 5.41) is 2.74. The predicted octanol–water partition coefficient (Wildman–Crippen LogP) is 3.43. The molecule has 3 nitrogen and oxygen atoms in total. The number of amides is 1. The molecule has 1 N–H and O–H groups in total.